The molecule has 0 radical (unpaired) electrons. The smallest absolute Gasteiger partial charge is 0.118 e. The van der Waals surface area contributed by atoms with Gasteiger partial charge in [0.2, 0.25) is 0 Å². The lowest BCUT2D eigenvalue weighted by Gasteiger charge is -1.98. The van der Waals surface area contributed by atoms with Crippen molar-refractivity contribution >= 4 is 0 Å². The van der Waals surface area contributed by atoms with Gasteiger partial charge in [0.05, 0.1) is 0 Å². The largest absolute Gasteiger partial charge is 0.243 e. The van der Waals surface area contributed by atoms with Gasteiger partial charge in [-0.2, -0.15) is 0 Å². The summed E-state index contributed by atoms with van der Waals surface area (Å²) >= 11 is 0. The summed E-state index contributed by atoms with van der Waals surface area (Å²) in [5.74, 6) is 0. The zero-order valence-corrected chi connectivity index (χ0v) is 7.60. The number of rotatable bonds is 4. The Morgan fingerprint density at radius 2 is 2.09 bits per heavy atom. The van der Waals surface area contributed by atoms with Crippen molar-refractivity contribution in [3.8, 4) is 0 Å². The van der Waals surface area contributed by atoms with Gasteiger partial charge in [-0.3, -0.25) is 0 Å². The predicted molar refractivity (Wildman–Crippen MR) is 48.4 cm³/mol. The van der Waals surface area contributed by atoms with Crippen LogP contribution in [0.1, 0.15) is 33.6 Å². The van der Waals surface area contributed by atoms with Crippen molar-refractivity contribution in [2.45, 2.75) is 39.8 Å². The van der Waals surface area contributed by atoms with Crippen LogP contribution in [-0.2, 0) is 0 Å². The molecule has 0 aromatic rings. The fourth-order valence-electron chi connectivity index (χ4n) is 0.679. The van der Waals surface area contributed by atoms with Gasteiger partial charge in [0.1, 0.15) is 6.17 Å². The highest BCUT2D eigenvalue weighted by Gasteiger charge is 1.97. The quantitative estimate of drug-likeness (QED) is 0.545. The second-order valence-electron chi connectivity index (χ2n) is 2.68. The fourth-order valence-corrected chi connectivity index (χ4v) is 0.679. The predicted octanol–water partition coefficient (Wildman–Crippen LogP) is 3.65. The van der Waals surface area contributed by atoms with E-state index in [9.17, 15) is 4.39 Å². The van der Waals surface area contributed by atoms with Crippen LogP contribution in [0, 0.1) is 0 Å². The third-order valence-electron chi connectivity index (χ3n) is 1.61. The maximum Gasteiger partial charge on any atom is 0.118 e. The van der Waals surface area contributed by atoms with Crippen LogP contribution >= 0.6 is 0 Å². The third kappa shape index (κ3) is 5.84. The van der Waals surface area contributed by atoms with Crippen LogP contribution in [0.3, 0.4) is 0 Å². The molecule has 1 atom stereocenters. The molecule has 0 spiro atoms. The van der Waals surface area contributed by atoms with Crippen LogP contribution in [0.2, 0.25) is 0 Å². The van der Waals surface area contributed by atoms with Crippen molar-refractivity contribution < 1.29 is 4.39 Å². The monoisotopic (exact) mass is 156 g/mol. The molecular formula is C10H17F. The van der Waals surface area contributed by atoms with E-state index < -0.39 is 6.17 Å². The lowest BCUT2D eigenvalue weighted by Crippen LogP contribution is -1.92. The fraction of sp³-hybridized carbons (Fsp3) is 0.600. The molecule has 1 unspecified atom stereocenters. The molecule has 0 N–H and O–H groups in total. The molecule has 64 valence electrons. The van der Waals surface area contributed by atoms with Crippen molar-refractivity contribution in [2.24, 2.45) is 0 Å². The Morgan fingerprint density at radius 3 is 2.55 bits per heavy atom. The van der Waals surface area contributed by atoms with Gasteiger partial charge in [-0.15, -0.1) is 0 Å². The van der Waals surface area contributed by atoms with Crippen LogP contribution in [-0.4, -0.2) is 6.17 Å². The summed E-state index contributed by atoms with van der Waals surface area (Å²) in [6.45, 7) is 5.48. The first kappa shape index (κ1) is 10.4. The molecule has 0 aliphatic rings. The molecule has 0 saturated heterocycles. The number of allylic oxidation sites excluding steroid dienone is 4. The minimum atomic E-state index is -0.801. The molecule has 0 amide bonds. The van der Waals surface area contributed by atoms with Crippen LogP contribution in [0.25, 0.3) is 0 Å². The van der Waals surface area contributed by atoms with Gasteiger partial charge in [-0.25, -0.2) is 4.39 Å². The Morgan fingerprint density at radius 1 is 1.45 bits per heavy atom. The van der Waals surface area contributed by atoms with Gasteiger partial charge >= 0.3 is 0 Å². The van der Waals surface area contributed by atoms with E-state index in [1.165, 1.54) is 0 Å². The van der Waals surface area contributed by atoms with Gasteiger partial charge < -0.3 is 0 Å². The highest BCUT2D eigenvalue weighted by atomic mass is 19.1. The third-order valence-corrected chi connectivity index (χ3v) is 1.61. The number of hydrogen-bond donors (Lipinski definition) is 0. The zero-order chi connectivity index (χ0) is 8.69. The Balaban J connectivity index is 3.65. The highest BCUT2D eigenvalue weighted by molar-refractivity contribution is 5.05. The Bertz CT molecular complexity index is 143. The topological polar surface area (TPSA) is 0 Å². The van der Waals surface area contributed by atoms with Crippen LogP contribution in [0.5, 0.6) is 0 Å². The van der Waals surface area contributed by atoms with E-state index in [1.807, 2.05) is 13.0 Å². The lowest BCUT2D eigenvalue weighted by atomic mass is 10.1. The second kappa shape index (κ2) is 6.14. The van der Waals surface area contributed by atoms with Crippen molar-refractivity contribution in [3.63, 3.8) is 0 Å². The van der Waals surface area contributed by atoms with Gasteiger partial charge in [0.15, 0.2) is 0 Å². The lowest BCUT2D eigenvalue weighted by molar-refractivity contribution is 0.410. The van der Waals surface area contributed by atoms with E-state index in [0.29, 0.717) is 0 Å². The minimum Gasteiger partial charge on any atom is -0.243 e. The number of hydrogen-bond acceptors (Lipinski definition) is 0. The summed E-state index contributed by atoms with van der Waals surface area (Å²) in [5.41, 5.74) is 0.825. The molecule has 0 bridgehead atoms. The maximum atomic E-state index is 12.5. The summed E-state index contributed by atoms with van der Waals surface area (Å²) in [4.78, 5) is 0. The summed E-state index contributed by atoms with van der Waals surface area (Å²) in [7, 11) is 0. The van der Waals surface area contributed by atoms with E-state index in [0.717, 1.165) is 18.4 Å². The molecule has 1 heteroatoms. The first-order valence-corrected chi connectivity index (χ1v) is 4.14. The molecule has 0 heterocycles. The molecule has 0 nitrogen and oxygen atoms in total. The van der Waals surface area contributed by atoms with E-state index in [1.54, 1.807) is 6.92 Å². The van der Waals surface area contributed by atoms with Gasteiger partial charge in [-0.05, 0) is 32.3 Å². The molecule has 0 aliphatic carbocycles. The van der Waals surface area contributed by atoms with Crippen molar-refractivity contribution in [2.75, 3.05) is 0 Å². The normalized spacial score (nSPS) is 15.8. The van der Waals surface area contributed by atoms with E-state index in [4.69, 9.17) is 0 Å². The minimum absolute atomic E-state index is 0.801. The average molecular weight is 156 g/mol. The van der Waals surface area contributed by atoms with Crippen LogP contribution in [0.4, 0.5) is 4.39 Å². The van der Waals surface area contributed by atoms with Crippen molar-refractivity contribution in [1.29, 1.82) is 0 Å². The summed E-state index contributed by atoms with van der Waals surface area (Å²) in [6.07, 6.45) is 7.19. The zero-order valence-electron chi connectivity index (χ0n) is 7.60. The number of halogens is 1. The molecule has 0 saturated carbocycles. The molecule has 0 fully saturated rings. The van der Waals surface area contributed by atoms with E-state index in [2.05, 4.69) is 19.1 Å². The Labute approximate surface area is 68.8 Å². The molecule has 0 rings (SSSR count). The first-order chi connectivity index (χ1) is 5.18. The number of alkyl halides is 1. The van der Waals surface area contributed by atoms with E-state index >= 15 is 0 Å². The molecule has 0 aliphatic heterocycles. The highest BCUT2D eigenvalue weighted by Crippen LogP contribution is 2.05. The van der Waals surface area contributed by atoms with Crippen LogP contribution in [0.15, 0.2) is 23.8 Å². The summed E-state index contributed by atoms with van der Waals surface area (Å²) in [5, 5.41) is 0. The molecular weight excluding hydrogens is 139 g/mol. The molecule has 11 heavy (non-hydrogen) atoms. The van der Waals surface area contributed by atoms with E-state index in [-0.39, 0.29) is 0 Å². The maximum absolute atomic E-state index is 12.5. The SMILES string of the molecule is CC/C=C\C/C=C(/C)C(C)F. The second-order valence-corrected chi connectivity index (χ2v) is 2.68. The van der Waals surface area contributed by atoms with Crippen molar-refractivity contribution in [3.05, 3.63) is 23.8 Å². The van der Waals surface area contributed by atoms with Gasteiger partial charge in [0, 0.05) is 0 Å². The summed E-state index contributed by atoms with van der Waals surface area (Å²) in [6, 6.07) is 0. The average Bonchev–Trinajstić information content (AvgIpc) is 1.97. The first-order valence-electron chi connectivity index (χ1n) is 4.14. The standard InChI is InChI=1S/C10H17F/c1-4-5-6-7-8-9(2)10(3)11/h5-6,8,10H,4,7H2,1-3H3/b6-5-,9-8-. The van der Waals surface area contributed by atoms with Gasteiger partial charge in [0.25, 0.3) is 0 Å². The van der Waals surface area contributed by atoms with Gasteiger partial charge in [-0.1, -0.05) is 25.2 Å². The Hall–Kier alpha value is -0.590. The Kier molecular flexibility index (Phi) is 5.81. The van der Waals surface area contributed by atoms with Crippen LogP contribution < -0.4 is 0 Å². The van der Waals surface area contributed by atoms with Crippen molar-refractivity contribution in [1.82, 2.24) is 0 Å². The molecule has 0 aromatic carbocycles. The molecule has 0 aromatic heterocycles. The summed E-state index contributed by atoms with van der Waals surface area (Å²) < 4.78 is 12.5.